The van der Waals surface area contributed by atoms with Gasteiger partial charge in [-0.2, -0.15) is 4.31 Å². The molecule has 0 aliphatic heterocycles. The Hall–Kier alpha value is -0.850. The number of methoxy groups -OCH3 is 1. The van der Waals surface area contributed by atoms with Gasteiger partial charge in [-0.25, -0.2) is 12.8 Å². The van der Waals surface area contributed by atoms with Crippen molar-refractivity contribution >= 4 is 21.6 Å². The molecule has 1 aromatic rings. The van der Waals surface area contributed by atoms with Gasteiger partial charge < -0.3 is 4.74 Å². The molecule has 0 amide bonds. The van der Waals surface area contributed by atoms with Gasteiger partial charge in [0, 0.05) is 19.0 Å². The summed E-state index contributed by atoms with van der Waals surface area (Å²) in [7, 11) is -2.03. The van der Waals surface area contributed by atoms with Gasteiger partial charge in [-0.15, -0.1) is 11.6 Å². The summed E-state index contributed by atoms with van der Waals surface area (Å²) in [5.41, 5.74) is 0.581. The van der Waals surface area contributed by atoms with Crippen LogP contribution in [-0.4, -0.2) is 38.0 Å². The normalized spacial score (nSPS) is 13.4. The van der Waals surface area contributed by atoms with E-state index in [4.69, 9.17) is 16.3 Å². The lowest BCUT2D eigenvalue weighted by Gasteiger charge is -2.22. The number of hydrogen-bond acceptors (Lipinski definition) is 3. The van der Waals surface area contributed by atoms with E-state index in [2.05, 4.69) is 0 Å². The summed E-state index contributed by atoms with van der Waals surface area (Å²) in [6.45, 7) is 3.99. The van der Waals surface area contributed by atoms with Gasteiger partial charge in [0.1, 0.15) is 0 Å². The lowest BCUT2D eigenvalue weighted by atomic mass is 10.2. The van der Waals surface area contributed by atoms with E-state index in [1.165, 1.54) is 23.5 Å². The Morgan fingerprint density at radius 2 is 2.10 bits per heavy atom. The fourth-order valence-corrected chi connectivity index (χ4v) is 3.95. The van der Waals surface area contributed by atoms with E-state index in [0.29, 0.717) is 12.1 Å². The molecule has 0 heterocycles. The third-order valence-corrected chi connectivity index (χ3v) is 5.77. The van der Waals surface area contributed by atoms with Crippen molar-refractivity contribution < 1.29 is 17.5 Å². The van der Waals surface area contributed by atoms with Crippen LogP contribution >= 0.6 is 11.6 Å². The lowest BCUT2D eigenvalue weighted by Crippen LogP contribution is -2.34. The van der Waals surface area contributed by atoms with Gasteiger partial charge in [-0.3, -0.25) is 0 Å². The molecule has 1 aromatic carbocycles. The molecular formula is C14H21ClFNO3S. The molecule has 0 saturated carbocycles. The van der Waals surface area contributed by atoms with Crippen LogP contribution in [0.3, 0.4) is 0 Å². The zero-order valence-electron chi connectivity index (χ0n) is 12.5. The zero-order chi connectivity index (χ0) is 16.0. The van der Waals surface area contributed by atoms with Crippen LogP contribution < -0.4 is 4.74 Å². The molecule has 0 saturated heterocycles. The van der Waals surface area contributed by atoms with Crippen LogP contribution in [0.4, 0.5) is 4.39 Å². The first-order valence-electron chi connectivity index (χ1n) is 6.70. The summed E-state index contributed by atoms with van der Waals surface area (Å²) in [5.74, 6) is -0.215. The number of hydrogen-bond donors (Lipinski definition) is 0. The highest BCUT2D eigenvalue weighted by Crippen LogP contribution is 2.20. The summed E-state index contributed by atoms with van der Waals surface area (Å²) < 4.78 is 44.4. The standard InChI is InChI=1S/C14H21ClFNO3S/c1-4-17(21(18,19)10-11(2)8-15)9-12-5-6-14(20-3)13(16)7-12/h5-7,11H,4,8-10H2,1-3H3. The Kier molecular flexibility index (Phi) is 6.90. The van der Waals surface area contributed by atoms with Crippen LogP contribution in [-0.2, 0) is 16.6 Å². The van der Waals surface area contributed by atoms with Gasteiger partial charge in [-0.05, 0) is 23.6 Å². The molecule has 0 N–H and O–H groups in total. The summed E-state index contributed by atoms with van der Waals surface area (Å²) in [6.07, 6.45) is 0. The third kappa shape index (κ3) is 5.13. The molecule has 4 nitrogen and oxygen atoms in total. The molecule has 1 rings (SSSR count). The van der Waals surface area contributed by atoms with E-state index in [1.54, 1.807) is 19.9 Å². The average Bonchev–Trinajstić information content (AvgIpc) is 2.44. The van der Waals surface area contributed by atoms with Crippen molar-refractivity contribution in [3.63, 3.8) is 0 Å². The van der Waals surface area contributed by atoms with Crippen LogP contribution in [0.5, 0.6) is 5.75 Å². The Morgan fingerprint density at radius 1 is 1.43 bits per heavy atom. The van der Waals surface area contributed by atoms with E-state index >= 15 is 0 Å². The number of rotatable bonds is 8. The number of nitrogens with zero attached hydrogens (tertiary/aromatic N) is 1. The van der Waals surface area contributed by atoms with Crippen molar-refractivity contribution in [3.8, 4) is 5.75 Å². The highest BCUT2D eigenvalue weighted by atomic mass is 35.5. The van der Waals surface area contributed by atoms with Crippen molar-refractivity contribution in [1.29, 1.82) is 0 Å². The van der Waals surface area contributed by atoms with E-state index in [1.807, 2.05) is 0 Å². The highest BCUT2D eigenvalue weighted by molar-refractivity contribution is 7.89. The Labute approximate surface area is 130 Å². The first kappa shape index (κ1) is 18.2. The number of sulfonamides is 1. The van der Waals surface area contributed by atoms with E-state index < -0.39 is 15.8 Å². The van der Waals surface area contributed by atoms with Crippen LogP contribution in [0.15, 0.2) is 18.2 Å². The van der Waals surface area contributed by atoms with Gasteiger partial charge in [0.05, 0.1) is 12.9 Å². The van der Waals surface area contributed by atoms with Crippen LogP contribution in [0, 0.1) is 11.7 Å². The molecule has 7 heteroatoms. The molecule has 1 unspecified atom stereocenters. The molecule has 0 spiro atoms. The topological polar surface area (TPSA) is 46.6 Å². The van der Waals surface area contributed by atoms with Gasteiger partial charge >= 0.3 is 0 Å². The van der Waals surface area contributed by atoms with Gasteiger partial charge in [0.2, 0.25) is 10.0 Å². The van der Waals surface area contributed by atoms with Crippen LogP contribution in [0.1, 0.15) is 19.4 Å². The first-order valence-corrected chi connectivity index (χ1v) is 8.84. The summed E-state index contributed by atoms with van der Waals surface area (Å²) in [6, 6.07) is 4.44. The molecule has 0 aromatic heterocycles. The minimum absolute atomic E-state index is 0.0109. The average molecular weight is 338 g/mol. The highest BCUT2D eigenvalue weighted by Gasteiger charge is 2.23. The van der Waals surface area contributed by atoms with Gasteiger partial charge in [-0.1, -0.05) is 19.9 Å². The number of benzene rings is 1. The minimum Gasteiger partial charge on any atom is -0.494 e. The molecular weight excluding hydrogens is 317 g/mol. The molecule has 21 heavy (non-hydrogen) atoms. The fraction of sp³-hybridized carbons (Fsp3) is 0.571. The van der Waals surface area contributed by atoms with E-state index in [0.717, 1.165) is 0 Å². The Morgan fingerprint density at radius 3 is 2.57 bits per heavy atom. The number of halogens is 2. The minimum atomic E-state index is -3.42. The maximum absolute atomic E-state index is 13.7. The van der Waals surface area contributed by atoms with Gasteiger partial charge in [0.25, 0.3) is 0 Å². The van der Waals surface area contributed by atoms with E-state index in [-0.39, 0.29) is 29.8 Å². The first-order chi connectivity index (χ1) is 9.83. The molecule has 0 radical (unpaired) electrons. The van der Waals surface area contributed by atoms with Crippen LogP contribution in [0.2, 0.25) is 0 Å². The molecule has 0 aliphatic carbocycles. The second-order valence-electron chi connectivity index (χ2n) is 4.93. The second kappa shape index (κ2) is 7.96. The lowest BCUT2D eigenvalue weighted by molar-refractivity contribution is 0.384. The van der Waals surface area contributed by atoms with Crippen molar-refractivity contribution in [3.05, 3.63) is 29.6 Å². The van der Waals surface area contributed by atoms with Crippen molar-refractivity contribution in [1.82, 2.24) is 4.31 Å². The maximum Gasteiger partial charge on any atom is 0.214 e. The van der Waals surface area contributed by atoms with Gasteiger partial charge in [0.15, 0.2) is 11.6 Å². The number of alkyl halides is 1. The zero-order valence-corrected chi connectivity index (χ0v) is 14.0. The van der Waals surface area contributed by atoms with Crippen molar-refractivity contribution in [2.24, 2.45) is 5.92 Å². The molecule has 0 aliphatic rings. The molecule has 120 valence electrons. The Bertz CT molecular complexity index is 565. The monoisotopic (exact) mass is 337 g/mol. The summed E-state index contributed by atoms with van der Waals surface area (Å²) >= 11 is 5.67. The quantitative estimate of drug-likeness (QED) is 0.685. The summed E-state index contributed by atoms with van der Waals surface area (Å²) in [5, 5.41) is 0. The third-order valence-electron chi connectivity index (χ3n) is 3.08. The number of ether oxygens (including phenoxy) is 1. The van der Waals surface area contributed by atoms with Crippen LogP contribution in [0.25, 0.3) is 0 Å². The fourth-order valence-electron chi connectivity index (χ4n) is 1.93. The van der Waals surface area contributed by atoms with Crippen molar-refractivity contribution in [2.45, 2.75) is 20.4 Å². The van der Waals surface area contributed by atoms with E-state index in [9.17, 15) is 12.8 Å². The largest absolute Gasteiger partial charge is 0.494 e. The SMILES string of the molecule is CCN(Cc1ccc(OC)c(F)c1)S(=O)(=O)CC(C)CCl. The Balaban J connectivity index is 2.89. The second-order valence-corrected chi connectivity index (χ2v) is 7.26. The molecule has 0 fully saturated rings. The molecule has 0 bridgehead atoms. The summed E-state index contributed by atoms with van der Waals surface area (Å²) in [4.78, 5) is 0. The smallest absolute Gasteiger partial charge is 0.214 e. The predicted molar refractivity (Wildman–Crippen MR) is 82.7 cm³/mol. The molecule has 1 atom stereocenters. The predicted octanol–water partition coefficient (Wildman–Crippen LogP) is 2.86. The maximum atomic E-state index is 13.7. The van der Waals surface area contributed by atoms with Crippen molar-refractivity contribution in [2.75, 3.05) is 25.3 Å².